The number of aryl methyl sites for hydroxylation is 1. The molecule has 1 aliphatic rings. The summed E-state index contributed by atoms with van der Waals surface area (Å²) in [6.07, 6.45) is 5.44. The van der Waals surface area contributed by atoms with Crippen LogP contribution in [-0.2, 0) is 12.8 Å². The van der Waals surface area contributed by atoms with Crippen LogP contribution in [0.2, 0.25) is 0 Å². The molecule has 0 saturated heterocycles. The molecule has 13 heavy (non-hydrogen) atoms. The quantitative estimate of drug-likeness (QED) is 0.593. The zero-order valence-electron chi connectivity index (χ0n) is 8.76. The Morgan fingerprint density at radius 2 is 2.15 bits per heavy atom. The highest BCUT2D eigenvalue weighted by molar-refractivity contribution is 5.21. The molecule has 1 unspecified atom stereocenters. The Kier molecular flexibility index (Phi) is 1.98. The van der Waals surface area contributed by atoms with Gasteiger partial charge in [0.1, 0.15) is 5.76 Å². The summed E-state index contributed by atoms with van der Waals surface area (Å²) in [4.78, 5) is 0. The maximum atomic E-state index is 5.42. The van der Waals surface area contributed by atoms with Crippen molar-refractivity contribution in [3.8, 4) is 0 Å². The molecule has 0 radical (unpaired) electrons. The summed E-state index contributed by atoms with van der Waals surface area (Å²) in [6.45, 7) is 7.01. The van der Waals surface area contributed by atoms with Gasteiger partial charge in [0.15, 0.2) is 0 Å². The molecular formula is C12H18O. The van der Waals surface area contributed by atoms with Gasteiger partial charge < -0.3 is 4.42 Å². The highest BCUT2D eigenvalue weighted by Crippen LogP contribution is 2.37. The van der Waals surface area contributed by atoms with Crippen molar-refractivity contribution in [2.45, 2.75) is 40.0 Å². The predicted octanol–water partition coefficient (Wildman–Crippen LogP) is 3.43. The highest BCUT2D eigenvalue weighted by atomic mass is 16.3. The summed E-state index contributed by atoms with van der Waals surface area (Å²) < 4.78 is 5.42. The summed E-state index contributed by atoms with van der Waals surface area (Å²) in [5.74, 6) is 2.04. The van der Waals surface area contributed by atoms with Gasteiger partial charge in [-0.25, -0.2) is 0 Å². The maximum absolute atomic E-state index is 5.42. The van der Waals surface area contributed by atoms with E-state index in [4.69, 9.17) is 4.42 Å². The third kappa shape index (κ3) is 1.65. The SMILES string of the molecule is CC(C)(C)C1CCc2occc2C1. The molecule has 1 aromatic heterocycles. The van der Waals surface area contributed by atoms with Gasteiger partial charge in [0.05, 0.1) is 6.26 Å². The topological polar surface area (TPSA) is 13.1 Å². The number of hydrogen-bond acceptors (Lipinski definition) is 1. The molecule has 0 N–H and O–H groups in total. The molecule has 0 spiro atoms. The molecule has 1 heteroatoms. The van der Waals surface area contributed by atoms with Crippen molar-refractivity contribution in [2.24, 2.45) is 11.3 Å². The van der Waals surface area contributed by atoms with Crippen LogP contribution in [0.4, 0.5) is 0 Å². The lowest BCUT2D eigenvalue weighted by atomic mass is 9.72. The number of hydrogen-bond donors (Lipinski definition) is 0. The van der Waals surface area contributed by atoms with Crippen molar-refractivity contribution in [1.29, 1.82) is 0 Å². The number of furan rings is 1. The summed E-state index contributed by atoms with van der Waals surface area (Å²) >= 11 is 0. The lowest BCUT2D eigenvalue weighted by molar-refractivity contribution is 0.209. The van der Waals surface area contributed by atoms with E-state index in [1.54, 1.807) is 0 Å². The van der Waals surface area contributed by atoms with Gasteiger partial charge in [0.2, 0.25) is 0 Å². The van der Waals surface area contributed by atoms with Gasteiger partial charge >= 0.3 is 0 Å². The highest BCUT2D eigenvalue weighted by Gasteiger charge is 2.29. The van der Waals surface area contributed by atoms with E-state index in [0.717, 1.165) is 12.3 Å². The molecule has 0 fully saturated rings. The second-order valence-electron chi connectivity index (χ2n) is 5.17. The molecule has 1 atom stereocenters. The first-order valence-electron chi connectivity index (χ1n) is 5.12. The summed E-state index contributed by atoms with van der Waals surface area (Å²) in [6, 6.07) is 2.13. The summed E-state index contributed by atoms with van der Waals surface area (Å²) in [5, 5.41) is 0. The van der Waals surface area contributed by atoms with Crippen LogP contribution < -0.4 is 0 Å². The Hall–Kier alpha value is -0.720. The second-order valence-corrected chi connectivity index (χ2v) is 5.17. The van der Waals surface area contributed by atoms with Gasteiger partial charge in [-0.05, 0) is 35.8 Å². The monoisotopic (exact) mass is 178 g/mol. The summed E-state index contributed by atoms with van der Waals surface area (Å²) in [7, 11) is 0. The van der Waals surface area contributed by atoms with Crippen LogP contribution >= 0.6 is 0 Å². The average Bonchev–Trinajstić information content (AvgIpc) is 2.47. The minimum Gasteiger partial charge on any atom is -0.469 e. The van der Waals surface area contributed by atoms with E-state index in [-0.39, 0.29) is 0 Å². The van der Waals surface area contributed by atoms with Crippen molar-refractivity contribution in [1.82, 2.24) is 0 Å². The minimum atomic E-state index is 0.439. The minimum absolute atomic E-state index is 0.439. The van der Waals surface area contributed by atoms with Gasteiger partial charge in [-0.15, -0.1) is 0 Å². The molecule has 1 heterocycles. The molecule has 0 saturated carbocycles. The lowest BCUT2D eigenvalue weighted by Crippen LogP contribution is -2.26. The third-order valence-electron chi connectivity index (χ3n) is 3.25. The largest absolute Gasteiger partial charge is 0.469 e. The van der Waals surface area contributed by atoms with E-state index in [9.17, 15) is 0 Å². The normalized spacial score (nSPS) is 22.8. The van der Waals surface area contributed by atoms with Crippen molar-refractivity contribution < 1.29 is 4.42 Å². The number of fused-ring (bicyclic) bond motifs is 1. The van der Waals surface area contributed by atoms with Crippen LogP contribution in [0.15, 0.2) is 16.7 Å². The fourth-order valence-electron chi connectivity index (χ4n) is 2.18. The molecule has 0 aromatic carbocycles. The van der Waals surface area contributed by atoms with Gasteiger partial charge in [0, 0.05) is 6.42 Å². The molecule has 0 amide bonds. The average molecular weight is 178 g/mol. The van der Waals surface area contributed by atoms with E-state index in [1.807, 2.05) is 6.26 Å². The van der Waals surface area contributed by atoms with E-state index in [1.165, 1.54) is 24.2 Å². The lowest BCUT2D eigenvalue weighted by Gasteiger charge is -2.33. The maximum Gasteiger partial charge on any atom is 0.106 e. The van der Waals surface area contributed by atoms with Crippen LogP contribution in [0.25, 0.3) is 0 Å². The Morgan fingerprint density at radius 1 is 1.38 bits per heavy atom. The van der Waals surface area contributed by atoms with Crippen molar-refractivity contribution in [3.05, 3.63) is 23.7 Å². The van der Waals surface area contributed by atoms with Gasteiger partial charge in [-0.3, -0.25) is 0 Å². The molecule has 1 nitrogen and oxygen atoms in total. The van der Waals surface area contributed by atoms with Crippen molar-refractivity contribution >= 4 is 0 Å². The smallest absolute Gasteiger partial charge is 0.106 e. The second kappa shape index (κ2) is 2.90. The van der Waals surface area contributed by atoms with E-state index < -0.39 is 0 Å². The van der Waals surface area contributed by atoms with Crippen LogP contribution in [0.5, 0.6) is 0 Å². The summed E-state index contributed by atoms with van der Waals surface area (Å²) in [5.41, 5.74) is 1.88. The van der Waals surface area contributed by atoms with Gasteiger partial charge in [0.25, 0.3) is 0 Å². The Bertz CT molecular complexity index is 290. The van der Waals surface area contributed by atoms with E-state index >= 15 is 0 Å². The Labute approximate surface area is 80.1 Å². The van der Waals surface area contributed by atoms with Crippen molar-refractivity contribution in [3.63, 3.8) is 0 Å². The molecule has 1 aromatic rings. The fraction of sp³-hybridized carbons (Fsp3) is 0.667. The number of rotatable bonds is 0. The molecule has 2 rings (SSSR count). The van der Waals surface area contributed by atoms with E-state index in [2.05, 4.69) is 26.8 Å². The molecular weight excluding hydrogens is 160 g/mol. The van der Waals surface area contributed by atoms with E-state index in [0.29, 0.717) is 5.41 Å². The fourth-order valence-corrected chi connectivity index (χ4v) is 2.18. The molecule has 0 bridgehead atoms. The standard InChI is InChI=1S/C12H18O/c1-12(2,3)10-4-5-11-9(8-10)6-7-13-11/h6-7,10H,4-5,8H2,1-3H3. The van der Waals surface area contributed by atoms with Crippen molar-refractivity contribution in [2.75, 3.05) is 0 Å². The molecule has 0 aliphatic heterocycles. The van der Waals surface area contributed by atoms with Crippen LogP contribution in [0, 0.1) is 11.3 Å². The Morgan fingerprint density at radius 3 is 2.85 bits per heavy atom. The van der Waals surface area contributed by atoms with Crippen LogP contribution in [-0.4, -0.2) is 0 Å². The van der Waals surface area contributed by atoms with Gasteiger partial charge in [-0.1, -0.05) is 20.8 Å². The van der Waals surface area contributed by atoms with Crippen LogP contribution in [0.3, 0.4) is 0 Å². The zero-order valence-corrected chi connectivity index (χ0v) is 8.76. The molecule has 1 aliphatic carbocycles. The predicted molar refractivity (Wildman–Crippen MR) is 53.7 cm³/mol. The first-order chi connectivity index (χ1) is 6.07. The molecule has 72 valence electrons. The first kappa shape index (κ1) is 8.86. The first-order valence-corrected chi connectivity index (χ1v) is 5.12. The Balaban J connectivity index is 2.18. The third-order valence-corrected chi connectivity index (χ3v) is 3.25. The van der Waals surface area contributed by atoms with Gasteiger partial charge in [-0.2, -0.15) is 0 Å². The van der Waals surface area contributed by atoms with Crippen LogP contribution in [0.1, 0.15) is 38.5 Å². The zero-order chi connectivity index (χ0) is 9.47.